The lowest BCUT2D eigenvalue weighted by molar-refractivity contribution is 0.111. The monoisotopic (exact) mass is 588 g/mol. The third kappa shape index (κ3) is 5.13. The number of imidazole rings is 2. The van der Waals surface area contributed by atoms with Crippen LogP contribution in [0.15, 0.2) is 43.0 Å². The lowest BCUT2D eigenvalue weighted by Crippen LogP contribution is -2.39. The summed E-state index contributed by atoms with van der Waals surface area (Å²) in [5.41, 5.74) is 5.01. The molecule has 2 N–H and O–H groups in total. The standard InChI is InChI=1S/C29H30F2N10S/c1-17-12-41-22(18-10-33-40(13-18)15-23-35-21-6-5-20(30)25(31)26(21)36-23)11-32-28(41)27(34-17)37-24-9-19(38-42-24)14-39-8-4-7-29(2,3)16-39/h5-6,9-13H,4,7-8,14-16H2,1-3H3,(H,34,37)(H,35,36). The first kappa shape index (κ1) is 26.7. The number of halogens is 2. The summed E-state index contributed by atoms with van der Waals surface area (Å²) in [6.45, 7) is 9.90. The normalized spacial score (nSPS) is 15.6. The maximum Gasteiger partial charge on any atom is 0.186 e. The molecule has 10 nitrogen and oxygen atoms in total. The van der Waals surface area contributed by atoms with Gasteiger partial charge in [0, 0.05) is 31.0 Å². The van der Waals surface area contributed by atoms with Gasteiger partial charge in [0.2, 0.25) is 0 Å². The second-order valence-electron chi connectivity index (χ2n) is 11.7. The number of aromatic nitrogens is 8. The molecule has 0 radical (unpaired) electrons. The van der Waals surface area contributed by atoms with Crippen LogP contribution in [0.2, 0.25) is 0 Å². The van der Waals surface area contributed by atoms with Gasteiger partial charge in [-0.15, -0.1) is 0 Å². The molecule has 216 valence electrons. The number of rotatable bonds is 7. The zero-order chi connectivity index (χ0) is 29.0. The number of H-pyrrole nitrogens is 1. The van der Waals surface area contributed by atoms with Gasteiger partial charge in [-0.1, -0.05) is 13.8 Å². The minimum Gasteiger partial charge on any atom is -0.340 e. The zero-order valence-electron chi connectivity index (χ0n) is 23.5. The smallest absolute Gasteiger partial charge is 0.186 e. The fourth-order valence-electron chi connectivity index (χ4n) is 5.76. The van der Waals surface area contributed by atoms with Gasteiger partial charge in [0.05, 0.1) is 41.5 Å². The number of aryl methyl sites for hydroxylation is 1. The highest BCUT2D eigenvalue weighted by molar-refractivity contribution is 7.10. The Morgan fingerprint density at radius 3 is 2.86 bits per heavy atom. The largest absolute Gasteiger partial charge is 0.340 e. The Balaban J connectivity index is 1.10. The summed E-state index contributed by atoms with van der Waals surface area (Å²) in [5, 5.41) is 8.82. The van der Waals surface area contributed by atoms with Crippen molar-refractivity contribution in [2.24, 2.45) is 5.41 Å². The summed E-state index contributed by atoms with van der Waals surface area (Å²) >= 11 is 1.43. The predicted octanol–water partition coefficient (Wildman–Crippen LogP) is 5.93. The van der Waals surface area contributed by atoms with E-state index in [0.717, 1.165) is 53.3 Å². The molecule has 0 atom stereocenters. The zero-order valence-corrected chi connectivity index (χ0v) is 24.3. The fourth-order valence-corrected chi connectivity index (χ4v) is 6.41. The van der Waals surface area contributed by atoms with E-state index in [2.05, 4.69) is 50.2 Å². The molecule has 1 aromatic carbocycles. The average molecular weight is 589 g/mol. The van der Waals surface area contributed by atoms with Crippen LogP contribution in [0.3, 0.4) is 0 Å². The van der Waals surface area contributed by atoms with Gasteiger partial charge in [-0.2, -0.15) is 9.47 Å². The third-order valence-electron chi connectivity index (χ3n) is 7.61. The Bertz CT molecular complexity index is 1920. The number of hydrogen-bond donors (Lipinski definition) is 2. The molecular formula is C29H30F2N10S. The number of likely N-dealkylation sites (tertiary alicyclic amines) is 1. The molecule has 6 aromatic rings. The molecule has 0 bridgehead atoms. The second-order valence-corrected chi connectivity index (χ2v) is 12.5. The van der Waals surface area contributed by atoms with Crippen molar-refractivity contribution in [3.05, 3.63) is 71.8 Å². The fraction of sp³-hybridized carbons (Fsp3) is 0.345. The van der Waals surface area contributed by atoms with Crippen molar-refractivity contribution < 1.29 is 8.78 Å². The Morgan fingerprint density at radius 1 is 1.12 bits per heavy atom. The quantitative estimate of drug-likeness (QED) is 0.238. The number of aromatic amines is 1. The third-order valence-corrected chi connectivity index (χ3v) is 8.36. The Labute approximate surface area is 244 Å². The summed E-state index contributed by atoms with van der Waals surface area (Å²) in [6, 6.07) is 4.65. The van der Waals surface area contributed by atoms with Crippen LogP contribution in [0.4, 0.5) is 19.6 Å². The van der Waals surface area contributed by atoms with Crippen LogP contribution in [0, 0.1) is 24.0 Å². The van der Waals surface area contributed by atoms with Gasteiger partial charge in [-0.05, 0) is 61.5 Å². The van der Waals surface area contributed by atoms with E-state index in [1.165, 1.54) is 30.4 Å². The number of fused-ring (bicyclic) bond motifs is 2. The Hall–Kier alpha value is -4.23. The van der Waals surface area contributed by atoms with Crippen molar-refractivity contribution in [1.82, 2.24) is 43.4 Å². The first-order valence-corrected chi connectivity index (χ1v) is 14.6. The lowest BCUT2D eigenvalue weighted by atomic mass is 9.84. The number of anilines is 2. The van der Waals surface area contributed by atoms with Crippen LogP contribution in [0.1, 0.15) is 43.9 Å². The number of benzene rings is 1. The van der Waals surface area contributed by atoms with E-state index in [1.54, 1.807) is 17.1 Å². The van der Waals surface area contributed by atoms with Gasteiger partial charge in [-0.25, -0.2) is 23.7 Å². The molecule has 0 aliphatic carbocycles. The van der Waals surface area contributed by atoms with E-state index >= 15 is 0 Å². The van der Waals surface area contributed by atoms with Crippen LogP contribution in [0.25, 0.3) is 27.9 Å². The van der Waals surface area contributed by atoms with Gasteiger partial charge in [0.15, 0.2) is 23.1 Å². The summed E-state index contributed by atoms with van der Waals surface area (Å²) < 4.78 is 36.1. The predicted molar refractivity (Wildman–Crippen MR) is 158 cm³/mol. The van der Waals surface area contributed by atoms with Gasteiger partial charge in [0.25, 0.3) is 0 Å². The van der Waals surface area contributed by atoms with Crippen LogP contribution in [-0.4, -0.2) is 56.5 Å². The molecule has 1 aliphatic rings. The highest BCUT2D eigenvalue weighted by atomic mass is 32.1. The highest BCUT2D eigenvalue weighted by Crippen LogP contribution is 2.31. The molecule has 13 heteroatoms. The molecule has 0 unspecified atom stereocenters. The molecule has 1 fully saturated rings. The summed E-state index contributed by atoms with van der Waals surface area (Å²) in [4.78, 5) is 19.1. The molecule has 6 heterocycles. The van der Waals surface area contributed by atoms with Gasteiger partial charge >= 0.3 is 0 Å². The van der Waals surface area contributed by atoms with E-state index in [-0.39, 0.29) is 12.1 Å². The molecule has 1 aliphatic heterocycles. The first-order valence-electron chi connectivity index (χ1n) is 13.9. The van der Waals surface area contributed by atoms with E-state index in [4.69, 9.17) is 9.36 Å². The van der Waals surface area contributed by atoms with E-state index in [0.29, 0.717) is 28.2 Å². The first-order chi connectivity index (χ1) is 20.2. The molecule has 1 saturated heterocycles. The molecule has 42 heavy (non-hydrogen) atoms. The molecule has 0 amide bonds. The van der Waals surface area contributed by atoms with Gasteiger partial charge in [-0.3, -0.25) is 14.0 Å². The second kappa shape index (κ2) is 10.2. The molecule has 5 aromatic heterocycles. The molecule has 7 rings (SSSR count). The van der Waals surface area contributed by atoms with Crippen molar-refractivity contribution in [3.8, 4) is 11.3 Å². The van der Waals surface area contributed by atoms with Crippen LogP contribution in [0.5, 0.6) is 0 Å². The van der Waals surface area contributed by atoms with Crippen LogP contribution >= 0.6 is 11.5 Å². The maximum absolute atomic E-state index is 14.1. The minimum atomic E-state index is -0.962. The molecular weight excluding hydrogens is 558 g/mol. The summed E-state index contributed by atoms with van der Waals surface area (Å²) in [6.07, 6.45) is 9.82. The van der Waals surface area contributed by atoms with E-state index < -0.39 is 11.6 Å². The molecule has 0 spiro atoms. The molecule has 0 saturated carbocycles. The maximum atomic E-state index is 14.1. The highest BCUT2D eigenvalue weighted by Gasteiger charge is 2.26. The van der Waals surface area contributed by atoms with Crippen molar-refractivity contribution in [2.45, 2.75) is 46.7 Å². The number of hydrogen-bond acceptors (Lipinski definition) is 8. The Kier molecular flexibility index (Phi) is 6.50. The minimum absolute atomic E-state index is 0.0225. The van der Waals surface area contributed by atoms with Gasteiger partial charge < -0.3 is 10.3 Å². The van der Waals surface area contributed by atoms with Crippen LogP contribution in [-0.2, 0) is 13.1 Å². The number of nitrogens with zero attached hydrogens (tertiary/aromatic N) is 8. The lowest BCUT2D eigenvalue weighted by Gasteiger charge is -2.37. The van der Waals surface area contributed by atoms with Crippen molar-refractivity contribution in [2.75, 3.05) is 18.4 Å². The SMILES string of the molecule is Cc1cn2c(-c3cnn(Cc4nc5c(F)c(F)ccc5[nH]4)c3)cnc2c(Nc2cc(CN3CCCC(C)(C)C3)ns2)n1. The Morgan fingerprint density at radius 2 is 2.00 bits per heavy atom. The van der Waals surface area contributed by atoms with Crippen molar-refractivity contribution in [3.63, 3.8) is 0 Å². The van der Waals surface area contributed by atoms with Crippen molar-refractivity contribution >= 4 is 39.0 Å². The van der Waals surface area contributed by atoms with Crippen LogP contribution < -0.4 is 5.32 Å². The topological polar surface area (TPSA) is 105 Å². The van der Waals surface area contributed by atoms with E-state index in [9.17, 15) is 8.78 Å². The number of piperidine rings is 1. The van der Waals surface area contributed by atoms with Crippen molar-refractivity contribution in [1.29, 1.82) is 0 Å². The summed E-state index contributed by atoms with van der Waals surface area (Å²) in [5.74, 6) is -0.761. The average Bonchev–Trinajstić information content (AvgIpc) is 3.73. The van der Waals surface area contributed by atoms with E-state index in [1.807, 2.05) is 23.7 Å². The summed E-state index contributed by atoms with van der Waals surface area (Å²) in [7, 11) is 0. The van der Waals surface area contributed by atoms with Gasteiger partial charge in [0.1, 0.15) is 16.3 Å². The number of nitrogens with one attached hydrogen (secondary N) is 2.